The highest BCUT2D eigenvalue weighted by atomic mass is 19.1. The van der Waals surface area contributed by atoms with Crippen LogP contribution in [0.15, 0.2) is 36.4 Å². The number of rotatable bonds is 5. The standard InChI is InChI=1S/C17H19F2N/c1-3-8-20-11-13-4-6-14(7-5-13)15-9-12(2)16(18)10-17(15)19/h4-7,9-10,20H,3,8,11H2,1-2H3. The Kier molecular flexibility index (Phi) is 4.85. The van der Waals surface area contributed by atoms with Crippen molar-refractivity contribution in [3.63, 3.8) is 0 Å². The molecule has 0 saturated carbocycles. The molecule has 0 atom stereocenters. The molecule has 2 aromatic rings. The summed E-state index contributed by atoms with van der Waals surface area (Å²) in [5.74, 6) is -1.03. The second-order valence-corrected chi connectivity index (χ2v) is 4.95. The van der Waals surface area contributed by atoms with Crippen LogP contribution in [0, 0.1) is 18.6 Å². The summed E-state index contributed by atoms with van der Waals surface area (Å²) in [6.07, 6.45) is 1.10. The van der Waals surface area contributed by atoms with E-state index in [1.54, 1.807) is 13.0 Å². The summed E-state index contributed by atoms with van der Waals surface area (Å²) in [4.78, 5) is 0. The number of aryl methyl sites for hydroxylation is 1. The first-order valence-electron chi connectivity index (χ1n) is 6.87. The number of benzene rings is 2. The molecule has 0 aliphatic heterocycles. The number of hydrogen-bond acceptors (Lipinski definition) is 1. The molecule has 0 spiro atoms. The number of hydrogen-bond donors (Lipinski definition) is 1. The van der Waals surface area contributed by atoms with Gasteiger partial charge in [-0.1, -0.05) is 31.2 Å². The van der Waals surface area contributed by atoms with Crippen LogP contribution in [-0.4, -0.2) is 6.54 Å². The fourth-order valence-corrected chi connectivity index (χ4v) is 2.09. The zero-order valence-corrected chi connectivity index (χ0v) is 11.8. The molecule has 0 aromatic heterocycles. The van der Waals surface area contributed by atoms with Crippen molar-refractivity contribution in [1.29, 1.82) is 0 Å². The van der Waals surface area contributed by atoms with E-state index in [1.807, 2.05) is 24.3 Å². The molecule has 0 amide bonds. The van der Waals surface area contributed by atoms with Gasteiger partial charge in [-0.2, -0.15) is 0 Å². The summed E-state index contributed by atoms with van der Waals surface area (Å²) >= 11 is 0. The number of nitrogens with one attached hydrogen (secondary N) is 1. The minimum absolute atomic E-state index is 0.442. The Morgan fingerprint density at radius 3 is 2.35 bits per heavy atom. The van der Waals surface area contributed by atoms with Crippen molar-refractivity contribution >= 4 is 0 Å². The van der Waals surface area contributed by atoms with E-state index >= 15 is 0 Å². The lowest BCUT2D eigenvalue weighted by atomic mass is 10.0. The van der Waals surface area contributed by atoms with E-state index in [2.05, 4.69) is 12.2 Å². The van der Waals surface area contributed by atoms with Crippen molar-refractivity contribution in [2.75, 3.05) is 6.54 Å². The summed E-state index contributed by atoms with van der Waals surface area (Å²) < 4.78 is 27.1. The van der Waals surface area contributed by atoms with Crippen molar-refractivity contribution in [3.05, 3.63) is 59.2 Å². The molecule has 2 aromatic carbocycles. The fraction of sp³-hybridized carbons (Fsp3) is 0.294. The third-order valence-corrected chi connectivity index (χ3v) is 3.27. The van der Waals surface area contributed by atoms with Gasteiger partial charge in [-0.25, -0.2) is 8.78 Å². The molecule has 3 heteroatoms. The first kappa shape index (κ1) is 14.7. The third kappa shape index (κ3) is 3.42. The highest BCUT2D eigenvalue weighted by Gasteiger charge is 2.09. The van der Waals surface area contributed by atoms with Crippen LogP contribution in [0.5, 0.6) is 0 Å². The van der Waals surface area contributed by atoms with Gasteiger partial charge in [0.05, 0.1) is 0 Å². The van der Waals surface area contributed by atoms with E-state index < -0.39 is 11.6 Å². The van der Waals surface area contributed by atoms with Crippen LogP contribution in [0.1, 0.15) is 24.5 Å². The zero-order chi connectivity index (χ0) is 14.5. The smallest absolute Gasteiger partial charge is 0.133 e. The molecule has 1 nitrogen and oxygen atoms in total. The van der Waals surface area contributed by atoms with Crippen LogP contribution in [-0.2, 0) is 6.54 Å². The van der Waals surface area contributed by atoms with E-state index in [1.165, 1.54) is 0 Å². The topological polar surface area (TPSA) is 12.0 Å². The van der Waals surface area contributed by atoms with Crippen LogP contribution in [0.25, 0.3) is 11.1 Å². The second-order valence-electron chi connectivity index (χ2n) is 4.95. The first-order valence-corrected chi connectivity index (χ1v) is 6.87. The third-order valence-electron chi connectivity index (χ3n) is 3.27. The van der Waals surface area contributed by atoms with Gasteiger partial charge in [0, 0.05) is 18.2 Å². The largest absolute Gasteiger partial charge is 0.313 e. The van der Waals surface area contributed by atoms with E-state index in [9.17, 15) is 8.78 Å². The van der Waals surface area contributed by atoms with Gasteiger partial charge in [-0.15, -0.1) is 0 Å². The molecule has 0 saturated heterocycles. The van der Waals surface area contributed by atoms with Crippen LogP contribution >= 0.6 is 0 Å². The normalized spacial score (nSPS) is 10.8. The summed E-state index contributed by atoms with van der Waals surface area (Å²) in [6.45, 7) is 5.55. The monoisotopic (exact) mass is 275 g/mol. The summed E-state index contributed by atoms with van der Waals surface area (Å²) in [5, 5.41) is 3.31. The summed E-state index contributed by atoms with van der Waals surface area (Å²) in [6, 6.07) is 10.2. The van der Waals surface area contributed by atoms with E-state index in [0.717, 1.165) is 36.7 Å². The maximum atomic E-state index is 13.8. The second kappa shape index (κ2) is 6.62. The van der Waals surface area contributed by atoms with Crippen LogP contribution in [0.2, 0.25) is 0 Å². The van der Waals surface area contributed by atoms with Gasteiger partial charge < -0.3 is 5.32 Å². The van der Waals surface area contributed by atoms with Crippen LogP contribution < -0.4 is 5.32 Å². The van der Waals surface area contributed by atoms with Crippen molar-refractivity contribution in [3.8, 4) is 11.1 Å². The van der Waals surface area contributed by atoms with Crippen molar-refractivity contribution in [2.24, 2.45) is 0 Å². The lowest BCUT2D eigenvalue weighted by Crippen LogP contribution is -2.13. The molecular weight excluding hydrogens is 256 g/mol. The van der Waals surface area contributed by atoms with E-state index in [4.69, 9.17) is 0 Å². The molecule has 0 heterocycles. The lowest BCUT2D eigenvalue weighted by molar-refractivity contribution is 0.579. The molecule has 0 unspecified atom stereocenters. The Balaban J connectivity index is 2.19. The molecule has 0 aliphatic rings. The van der Waals surface area contributed by atoms with Gasteiger partial charge in [0.2, 0.25) is 0 Å². The Morgan fingerprint density at radius 1 is 1.00 bits per heavy atom. The predicted molar refractivity (Wildman–Crippen MR) is 78.5 cm³/mol. The predicted octanol–water partition coefficient (Wildman–Crippen LogP) is 4.44. The fourth-order valence-electron chi connectivity index (χ4n) is 2.09. The Bertz CT molecular complexity index is 576. The molecular formula is C17H19F2N. The van der Waals surface area contributed by atoms with E-state index in [0.29, 0.717) is 11.1 Å². The van der Waals surface area contributed by atoms with Gasteiger partial charge in [0.1, 0.15) is 11.6 Å². The minimum Gasteiger partial charge on any atom is -0.313 e. The molecule has 1 N–H and O–H groups in total. The molecule has 0 radical (unpaired) electrons. The molecule has 0 bridgehead atoms. The average Bonchev–Trinajstić information content (AvgIpc) is 2.44. The Hall–Kier alpha value is -1.74. The zero-order valence-electron chi connectivity index (χ0n) is 11.8. The van der Waals surface area contributed by atoms with Crippen molar-refractivity contribution in [2.45, 2.75) is 26.8 Å². The van der Waals surface area contributed by atoms with Crippen molar-refractivity contribution in [1.82, 2.24) is 5.32 Å². The van der Waals surface area contributed by atoms with Gasteiger partial charge >= 0.3 is 0 Å². The summed E-state index contributed by atoms with van der Waals surface area (Å²) in [5.41, 5.74) is 2.82. The highest BCUT2D eigenvalue weighted by molar-refractivity contribution is 5.65. The van der Waals surface area contributed by atoms with Gasteiger partial charge in [-0.05, 0) is 42.6 Å². The lowest BCUT2D eigenvalue weighted by Gasteiger charge is -2.08. The Morgan fingerprint density at radius 2 is 1.70 bits per heavy atom. The number of halogens is 2. The van der Waals surface area contributed by atoms with Gasteiger partial charge in [0.15, 0.2) is 0 Å². The molecule has 2 rings (SSSR count). The minimum atomic E-state index is -0.523. The van der Waals surface area contributed by atoms with Crippen LogP contribution in [0.3, 0.4) is 0 Å². The highest BCUT2D eigenvalue weighted by Crippen LogP contribution is 2.25. The molecule has 106 valence electrons. The molecule has 0 fully saturated rings. The van der Waals surface area contributed by atoms with Gasteiger partial charge in [-0.3, -0.25) is 0 Å². The SMILES string of the molecule is CCCNCc1ccc(-c2cc(C)c(F)cc2F)cc1. The maximum Gasteiger partial charge on any atom is 0.133 e. The average molecular weight is 275 g/mol. The summed E-state index contributed by atoms with van der Waals surface area (Å²) in [7, 11) is 0. The maximum absolute atomic E-state index is 13.8. The van der Waals surface area contributed by atoms with Crippen LogP contribution in [0.4, 0.5) is 8.78 Å². The first-order chi connectivity index (χ1) is 9.61. The molecule has 0 aliphatic carbocycles. The Labute approximate surface area is 118 Å². The molecule has 20 heavy (non-hydrogen) atoms. The van der Waals surface area contributed by atoms with E-state index in [-0.39, 0.29) is 0 Å². The van der Waals surface area contributed by atoms with Gasteiger partial charge in [0.25, 0.3) is 0 Å². The quantitative estimate of drug-likeness (QED) is 0.795. The van der Waals surface area contributed by atoms with Crippen molar-refractivity contribution < 1.29 is 8.78 Å².